The molecule has 0 aliphatic carbocycles. The Bertz CT molecular complexity index is 385. The molecule has 1 unspecified atom stereocenters. The summed E-state index contributed by atoms with van der Waals surface area (Å²) >= 11 is 3.33. The van der Waals surface area contributed by atoms with Crippen molar-refractivity contribution in [2.45, 2.75) is 46.1 Å². The van der Waals surface area contributed by atoms with Gasteiger partial charge in [-0.15, -0.1) is 0 Å². The maximum absolute atomic E-state index is 11.1. The van der Waals surface area contributed by atoms with Crippen molar-refractivity contribution in [1.29, 1.82) is 0 Å². The van der Waals surface area contributed by atoms with Gasteiger partial charge in [-0.05, 0) is 41.3 Å². The first kappa shape index (κ1) is 14.3. The topological polar surface area (TPSA) is 42.2 Å². The highest BCUT2D eigenvalue weighted by molar-refractivity contribution is 9.10. The number of hydrogen-bond donors (Lipinski definition) is 1. The summed E-state index contributed by atoms with van der Waals surface area (Å²) in [5, 5.41) is 9.10. The van der Waals surface area contributed by atoms with Crippen LogP contribution in [0.1, 0.15) is 56.6 Å². The van der Waals surface area contributed by atoms with Gasteiger partial charge in [0, 0.05) is 16.7 Å². The van der Waals surface area contributed by atoms with Gasteiger partial charge in [0.15, 0.2) is 0 Å². The van der Waals surface area contributed by atoms with Gasteiger partial charge in [0.25, 0.3) is 0 Å². The first-order chi connectivity index (χ1) is 7.91. The van der Waals surface area contributed by atoms with Gasteiger partial charge in [-0.1, -0.05) is 26.7 Å². The summed E-state index contributed by atoms with van der Waals surface area (Å²) in [7, 11) is 0. The lowest BCUT2D eigenvalue weighted by Gasteiger charge is -2.16. The zero-order valence-electron chi connectivity index (χ0n) is 10.6. The van der Waals surface area contributed by atoms with Crippen molar-refractivity contribution >= 4 is 21.9 Å². The molecule has 0 saturated heterocycles. The second-order valence-electron chi connectivity index (χ2n) is 4.93. The van der Waals surface area contributed by atoms with Gasteiger partial charge in [-0.2, -0.15) is 0 Å². The van der Waals surface area contributed by atoms with Crippen molar-refractivity contribution in [2.24, 2.45) is 5.92 Å². The Hall–Kier alpha value is -0.770. The van der Waals surface area contributed by atoms with Gasteiger partial charge in [-0.3, -0.25) is 0 Å². The van der Waals surface area contributed by atoms with Crippen LogP contribution in [0.3, 0.4) is 0 Å². The average Bonchev–Trinajstić information content (AvgIpc) is 2.59. The third-order valence-corrected chi connectivity index (χ3v) is 3.35. The smallest absolute Gasteiger partial charge is 0.352 e. The van der Waals surface area contributed by atoms with E-state index in [1.165, 1.54) is 6.42 Å². The van der Waals surface area contributed by atoms with Crippen LogP contribution < -0.4 is 0 Å². The van der Waals surface area contributed by atoms with E-state index in [2.05, 4.69) is 36.7 Å². The van der Waals surface area contributed by atoms with Crippen molar-refractivity contribution in [3.05, 3.63) is 22.4 Å². The fourth-order valence-corrected chi connectivity index (χ4v) is 2.38. The number of carbonyl (C=O) groups is 1. The van der Waals surface area contributed by atoms with E-state index in [0.29, 0.717) is 11.6 Å². The molecule has 0 spiro atoms. The fraction of sp³-hybridized carbons (Fsp3) is 0.615. The highest BCUT2D eigenvalue weighted by Crippen LogP contribution is 2.23. The molecule has 0 saturated carbocycles. The van der Waals surface area contributed by atoms with Crippen LogP contribution in [0, 0.1) is 5.92 Å². The molecule has 1 atom stereocenters. The largest absolute Gasteiger partial charge is 0.477 e. The molecule has 0 bridgehead atoms. The summed E-state index contributed by atoms with van der Waals surface area (Å²) in [4.78, 5) is 11.1. The van der Waals surface area contributed by atoms with Crippen LogP contribution in [0.5, 0.6) is 0 Å². The number of aromatic nitrogens is 1. The van der Waals surface area contributed by atoms with E-state index in [0.717, 1.165) is 17.3 Å². The van der Waals surface area contributed by atoms with Crippen LogP contribution in [0.15, 0.2) is 16.7 Å². The quantitative estimate of drug-likeness (QED) is 0.849. The predicted octanol–water partition coefficient (Wildman–Crippen LogP) is 4.34. The van der Waals surface area contributed by atoms with Crippen molar-refractivity contribution in [2.75, 3.05) is 0 Å². The molecule has 17 heavy (non-hydrogen) atoms. The van der Waals surface area contributed by atoms with Crippen LogP contribution in [0.2, 0.25) is 0 Å². The van der Waals surface area contributed by atoms with E-state index in [4.69, 9.17) is 5.11 Å². The Morgan fingerprint density at radius 3 is 2.59 bits per heavy atom. The SMILES string of the molecule is CC(C)CCCC(C)n1cc(Br)cc1C(=O)O. The Kier molecular flexibility index (Phi) is 5.25. The molecule has 0 aliphatic rings. The Morgan fingerprint density at radius 1 is 1.41 bits per heavy atom. The lowest BCUT2D eigenvalue weighted by Crippen LogP contribution is -2.12. The van der Waals surface area contributed by atoms with Crippen molar-refractivity contribution in [3.8, 4) is 0 Å². The Morgan fingerprint density at radius 2 is 2.06 bits per heavy atom. The Balaban J connectivity index is 2.68. The van der Waals surface area contributed by atoms with Crippen LogP contribution in [0.4, 0.5) is 0 Å². The molecule has 1 N–H and O–H groups in total. The van der Waals surface area contributed by atoms with E-state index in [1.54, 1.807) is 6.07 Å². The number of halogens is 1. The highest BCUT2D eigenvalue weighted by Gasteiger charge is 2.15. The average molecular weight is 302 g/mol. The molecule has 0 fully saturated rings. The van der Waals surface area contributed by atoms with Crippen molar-refractivity contribution in [1.82, 2.24) is 4.57 Å². The van der Waals surface area contributed by atoms with E-state index in [1.807, 2.05) is 10.8 Å². The summed E-state index contributed by atoms with van der Waals surface area (Å²) in [6, 6.07) is 1.88. The first-order valence-corrected chi connectivity index (χ1v) is 6.81. The van der Waals surface area contributed by atoms with Crippen LogP contribution in [0.25, 0.3) is 0 Å². The standard InChI is InChI=1S/C13H20BrNO2/c1-9(2)5-4-6-10(3)15-8-11(14)7-12(15)13(16)17/h7-10H,4-6H2,1-3H3,(H,16,17). The molecule has 96 valence electrons. The van der Waals surface area contributed by atoms with Crippen molar-refractivity contribution in [3.63, 3.8) is 0 Å². The predicted molar refractivity (Wildman–Crippen MR) is 72.5 cm³/mol. The third kappa shape index (κ3) is 4.19. The molecule has 1 heterocycles. The van der Waals surface area contributed by atoms with Crippen LogP contribution in [-0.4, -0.2) is 15.6 Å². The van der Waals surface area contributed by atoms with E-state index in [9.17, 15) is 4.79 Å². The molecule has 0 aliphatic heterocycles. The minimum absolute atomic E-state index is 0.228. The normalized spacial score (nSPS) is 13.0. The molecule has 3 nitrogen and oxygen atoms in total. The number of hydrogen-bond acceptors (Lipinski definition) is 1. The lowest BCUT2D eigenvalue weighted by molar-refractivity contribution is 0.0682. The summed E-state index contributed by atoms with van der Waals surface area (Å²) in [5.74, 6) is -0.163. The van der Waals surface area contributed by atoms with Gasteiger partial charge < -0.3 is 9.67 Å². The molecular formula is C13H20BrNO2. The molecule has 0 amide bonds. The first-order valence-electron chi connectivity index (χ1n) is 6.02. The maximum Gasteiger partial charge on any atom is 0.352 e. The van der Waals surface area contributed by atoms with Gasteiger partial charge in [-0.25, -0.2) is 4.79 Å². The van der Waals surface area contributed by atoms with Crippen LogP contribution in [-0.2, 0) is 0 Å². The third-order valence-electron chi connectivity index (χ3n) is 2.91. The van der Waals surface area contributed by atoms with Gasteiger partial charge in [0.05, 0.1) is 0 Å². The zero-order valence-corrected chi connectivity index (χ0v) is 12.2. The van der Waals surface area contributed by atoms with Crippen molar-refractivity contribution < 1.29 is 9.90 Å². The molecule has 0 aromatic carbocycles. The van der Waals surface area contributed by atoms with Gasteiger partial charge >= 0.3 is 5.97 Å². The number of aromatic carboxylic acids is 1. The minimum Gasteiger partial charge on any atom is -0.477 e. The second-order valence-corrected chi connectivity index (χ2v) is 5.85. The number of rotatable bonds is 6. The molecule has 1 aromatic rings. The summed E-state index contributed by atoms with van der Waals surface area (Å²) in [6.07, 6.45) is 5.19. The van der Waals surface area contributed by atoms with E-state index >= 15 is 0 Å². The molecule has 1 aromatic heterocycles. The number of carboxylic acids is 1. The number of carboxylic acid groups (broad SMARTS) is 1. The number of nitrogens with zero attached hydrogens (tertiary/aromatic N) is 1. The Labute approximate surface area is 111 Å². The second kappa shape index (κ2) is 6.24. The van der Waals surface area contributed by atoms with Gasteiger partial charge in [0.2, 0.25) is 0 Å². The zero-order chi connectivity index (χ0) is 13.0. The summed E-state index contributed by atoms with van der Waals surface area (Å²) in [5.41, 5.74) is 0.355. The monoisotopic (exact) mass is 301 g/mol. The van der Waals surface area contributed by atoms with E-state index < -0.39 is 5.97 Å². The molecular weight excluding hydrogens is 282 g/mol. The minimum atomic E-state index is -0.869. The molecule has 0 radical (unpaired) electrons. The fourth-order valence-electron chi connectivity index (χ4n) is 1.94. The molecule has 4 heteroatoms. The highest BCUT2D eigenvalue weighted by atomic mass is 79.9. The maximum atomic E-state index is 11.1. The lowest BCUT2D eigenvalue weighted by atomic mass is 10.0. The summed E-state index contributed by atoms with van der Waals surface area (Å²) < 4.78 is 2.66. The van der Waals surface area contributed by atoms with Gasteiger partial charge in [0.1, 0.15) is 5.69 Å². The van der Waals surface area contributed by atoms with E-state index in [-0.39, 0.29) is 6.04 Å². The summed E-state index contributed by atoms with van der Waals surface area (Å²) in [6.45, 7) is 6.48. The van der Waals surface area contributed by atoms with Crippen LogP contribution >= 0.6 is 15.9 Å². The molecule has 1 rings (SSSR count).